The van der Waals surface area contributed by atoms with E-state index in [1.807, 2.05) is 36.0 Å². The first kappa shape index (κ1) is 13.0. The maximum absolute atomic E-state index is 5.90. The highest BCUT2D eigenvalue weighted by atomic mass is 32.2. The Bertz CT molecular complexity index is 516. The van der Waals surface area contributed by atoms with Crippen LogP contribution in [0.5, 0.6) is 5.75 Å². The molecule has 2 rings (SSSR count). The van der Waals surface area contributed by atoms with Crippen LogP contribution >= 0.6 is 11.8 Å². The van der Waals surface area contributed by atoms with Crippen molar-refractivity contribution >= 4 is 28.4 Å². The van der Waals surface area contributed by atoms with E-state index >= 15 is 0 Å². The monoisotopic (exact) mass is 262 g/mol. The average Bonchev–Trinajstić information content (AvgIpc) is 2.41. The predicted octanol–water partition coefficient (Wildman–Crippen LogP) is 3.34. The number of hydrogen-bond acceptors (Lipinski definition) is 4. The topological polar surface area (TPSA) is 48.1 Å². The lowest BCUT2D eigenvalue weighted by Gasteiger charge is -2.10. The minimum Gasteiger partial charge on any atom is -0.493 e. The second-order valence-corrected chi connectivity index (χ2v) is 5.35. The molecule has 0 amide bonds. The molecule has 0 unspecified atom stereocenters. The van der Waals surface area contributed by atoms with Gasteiger partial charge in [0.1, 0.15) is 5.75 Å². The highest BCUT2D eigenvalue weighted by Crippen LogP contribution is 2.28. The van der Waals surface area contributed by atoms with Crippen molar-refractivity contribution in [2.45, 2.75) is 13.3 Å². The van der Waals surface area contributed by atoms with Gasteiger partial charge in [-0.25, -0.2) is 0 Å². The number of nitrogens with zero attached hydrogens (tertiary/aromatic N) is 1. The number of hydrogen-bond donors (Lipinski definition) is 1. The first-order chi connectivity index (χ1) is 8.83. The number of rotatable bonds is 6. The van der Waals surface area contributed by atoms with Crippen molar-refractivity contribution in [3.05, 3.63) is 30.5 Å². The normalized spacial score (nSPS) is 10.7. The minimum atomic E-state index is 0.694. The third-order valence-electron chi connectivity index (χ3n) is 2.66. The second kappa shape index (κ2) is 6.50. The molecule has 1 heterocycles. The van der Waals surface area contributed by atoms with Crippen molar-refractivity contribution in [2.75, 3.05) is 23.8 Å². The van der Waals surface area contributed by atoms with Gasteiger partial charge in [-0.3, -0.25) is 4.98 Å². The molecule has 0 fully saturated rings. The van der Waals surface area contributed by atoms with Crippen molar-refractivity contribution in [1.29, 1.82) is 0 Å². The standard InChI is InChI=1S/C14H18N2OS/c1-2-18-10-4-9-17-13-7-6-12(15)14-11(13)5-3-8-16-14/h3,5-8H,2,4,9-10,15H2,1H3. The van der Waals surface area contributed by atoms with Crippen molar-refractivity contribution in [3.63, 3.8) is 0 Å². The van der Waals surface area contributed by atoms with Gasteiger partial charge >= 0.3 is 0 Å². The van der Waals surface area contributed by atoms with Gasteiger partial charge in [-0.1, -0.05) is 6.92 Å². The molecular weight excluding hydrogens is 244 g/mol. The molecule has 0 aliphatic rings. The summed E-state index contributed by atoms with van der Waals surface area (Å²) < 4.78 is 5.81. The van der Waals surface area contributed by atoms with Crippen LogP contribution in [-0.2, 0) is 0 Å². The highest BCUT2D eigenvalue weighted by Gasteiger charge is 2.05. The number of nitrogens with two attached hydrogens (primary N) is 1. The molecule has 0 saturated carbocycles. The number of benzene rings is 1. The van der Waals surface area contributed by atoms with Gasteiger partial charge in [-0.15, -0.1) is 0 Å². The maximum atomic E-state index is 5.90. The molecule has 0 aliphatic carbocycles. The van der Waals surface area contributed by atoms with E-state index in [1.54, 1.807) is 6.20 Å². The molecular formula is C14H18N2OS. The van der Waals surface area contributed by atoms with Gasteiger partial charge in [0, 0.05) is 11.6 Å². The van der Waals surface area contributed by atoms with Crippen LogP contribution in [0, 0.1) is 0 Å². The number of anilines is 1. The molecule has 4 heteroatoms. The molecule has 18 heavy (non-hydrogen) atoms. The van der Waals surface area contributed by atoms with Gasteiger partial charge in [0.05, 0.1) is 17.8 Å². The number of thioether (sulfide) groups is 1. The average molecular weight is 262 g/mol. The fourth-order valence-corrected chi connectivity index (χ4v) is 2.39. The lowest BCUT2D eigenvalue weighted by Crippen LogP contribution is -2.00. The van der Waals surface area contributed by atoms with E-state index in [0.717, 1.165) is 41.2 Å². The Hall–Kier alpha value is -1.42. The second-order valence-electron chi connectivity index (χ2n) is 3.95. The van der Waals surface area contributed by atoms with Crippen LogP contribution in [0.2, 0.25) is 0 Å². The summed E-state index contributed by atoms with van der Waals surface area (Å²) in [6, 6.07) is 7.67. The molecule has 0 spiro atoms. The van der Waals surface area contributed by atoms with E-state index in [-0.39, 0.29) is 0 Å². The molecule has 0 radical (unpaired) electrons. The van der Waals surface area contributed by atoms with E-state index in [2.05, 4.69) is 11.9 Å². The first-order valence-electron chi connectivity index (χ1n) is 6.16. The van der Waals surface area contributed by atoms with Crippen molar-refractivity contribution in [1.82, 2.24) is 4.98 Å². The van der Waals surface area contributed by atoms with Gasteiger partial charge in [0.2, 0.25) is 0 Å². The summed E-state index contributed by atoms with van der Waals surface area (Å²) in [4.78, 5) is 4.29. The third kappa shape index (κ3) is 3.07. The molecule has 1 aromatic carbocycles. The fourth-order valence-electron chi connectivity index (χ4n) is 1.78. The lowest BCUT2D eigenvalue weighted by atomic mass is 10.2. The van der Waals surface area contributed by atoms with Crippen LogP contribution in [0.15, 0.2) is 30.5 Å². The Kier molecular flexibility index (Phi) is 4.70. The van der Waals surface area contributed by atoms with Crippen molar-refractivity contribution in [2.24, 2.45) is 0 Å². The van der Waals surface area contributed by atoms with Crippen LogP contribution in [-0.4, -0.2) is 23.1 Å². The quantitative estimate of drug-likeness (QED) is 0.640. The van der Waals surface area contributed by atoms with Gasteiger partial charge in [-0.05, 0) is 42.2 Å². The smallest absolute Gasteiger partial charge is 0.128 e. The highest BCUT2D eigenvalue weighted by molar-refractivity contribution is 7.99. The zero-order chi connectivity index (χ0) is 12.8. The summed E-state index contributed by atoms with van der Waals surface area (Å²) >= 11 is 1.94. The van der Waals surface area contributed by atoms with Crippen LogP contribution in [0.4, 0.5) is 5.69 Å². The zero-order valence-electron chi connectivity index (χ0n) is 10.6. The summed E-state index contributed by atoms with van der Waals surface area (Å²) in [5.41, 5.74) is 7.41. The Morgan fingerprint density at radius 1 is 1.33 bits per heavy atom. The summed E-state index contributed by atoms with van der Waals surface area (Å²) in [6.07, 6.45) is 2.81. The Balaban J connectivity index is 2.07. The van der Waals surface area contributed by atoms with Gasteiger partial charge in [-0.2, -0.15) is 11.8 Å². The lowest BCUT2D eigenvalue weighted by molar-refractivity contribution is 0.322. The molecule has 96 valence electrons. The summed E-state index contributed by atoms with van der Waals surface area (Å²) in [6.45, 7) is 2.91. The Morgan fingerprint density at radius 2 is 2.22 bits per heavy atom. The minimum absolute atomic E-state index is 0.694. The van der Waals surface area contributed by atoms with Gasteiger partial charge in [0.25, 0.3) is 0 Å². The van der Waals surface area contributed by atoms with Gasteiger partial charge in [0.15, 0.2) is 0 Å². The Morgan fingerprint density at radius 3 is 3.06 bits per heavy atom. The molecule has 2 aromatic rings. The number of pyridine rings is 1. The molecule has 1 aromatic heterocycles. The SMILES string of the molecule is CCSCCCOc1ccc(N)c2ncccc12. The van der Waals surface area contributed by atoms with E-state index in [1.165, 1.54) is 0 Å². The van der Waals surface area contributed by atoms with E-state index in [0.29, 0.717) is 5.69 Å². The van der Waals surface area contributed by atoms with Gasteiger partial charge < -0.3 is 10.5 Å². The summed E-state index contributed by atoms with van der Waals surface area (Å²) in [5.74, 6) is 3.17. The van der Waals surface area contributed by atoms with E-state index in [9.17, 15) is 0 Å². The summed E-state index contributed by atoms with van der Waals surface area (Å²) in [5, 5.41) is 0.987. The van der Waals surface area contributed by atoms with Crippen LogP contribution in [0.3, 0.4) is 0 Å². The number of aromatic nitrogens is 1. The fraction of sp³-hybridized carbons (Fsp3) is 0.357. The first-order valence-corrected chi connectivity index (χ1v) is 7.32. The third-order valence-corrected chi connectivity index (χ3v) is 3.64. The largest absolute Gasteiger partial charge is 0.493 e. The number of nitrogen functional groups attached to an aromatic ring is 1. The molecule has 2 N–H and O–H groups in total. The number of fused-ring (bicyclic) bond motifs is 1. The molecule has 0 bridgehead atoms. The van der Waals surface area contributed by atoms with Crippen LogP contribution < -0.4 is 10.5 Å². The molecule has 0 saturated heterocycles. The van der Waals surface area contributed by atoms with E-state index < -0.39 is 0 Å². The molecule has 0 aliphatic heterocycles. The van der Waals surface area contributed by atoms with Crippen LogP contribution in [0.25, 0.3) is 10.9 Å². The van der Waals surface area contributed by atoms with E-state index in [4.69, 9.17) is 10.5 Å². The number of ether oxygens (including phenoxy) is 1. The maximum Gasteiger partial charge on any atom is 0.128 e. The Labute approximate surface area is 112 Å². The van der Waals surface area contributed by atoms with Crippen LogP contribution in [0.1, 0.15) is 13.3 Å². The molecule has 3 nitrogen and oxygen atoms in total. The summed E-state index contributed by atoms with van der Waals surface area (Å²) in [7, 11) is 0. The molecule has 0 atom stereocenters. The predicted molar refractivity (Wildman–Crippen MR) is 79.3 cm³/mol. The van der Waals surface area contributed by atoms with Crippen molar-refractivity contribution in [3.8, 4) is 5.75 Å². The van der Waals surface area contributed by atoms with Crippen molar-refractivity contribution < 1.29 is 4.74 Å². The zero-order valence-corrected chi connectivity index (χ0v) is 11.4.